The topological polar surface area (TPSA) is 137 Å². The van der Waals surface area contributed by atoms with Crippen molar-refractivity contribution in [1.82, 2.24) is 8.75 Å². The molecule has 0 unspecified atom stereocenters. The number of esters is 1. The maximum absolute atomic E-state index is 14.2. The normalized spacial score (nSPS) is 11.2. The number of aliphatic carboxylic acids is 1. The molecule has 0 amide bonds. The number of methoxy groups -OCH3 is 2. The number of aromatic nitrogens is 2. The van der Waals surface area contributed by atoms with Crippen molar-refractivity contribution >= 4 is 46.1 Å². The van der Waals surface area contributed by atoms with Crippen LogP contribution < -0.4 is 48.9 Å². The first-order valence-corrected chi connectivity index (χ1v) is 14.4. The molecule has 0 aliphatic heterocycles. The number of ether oxygens (including phenoxy) is 4. The van der Waals surface area contributed by atoms with Gasteiger partial charge in [-0.25, -0.2) is 4.79 Å². The van der Waals surface area contributed by atoms with Gasteiger partial charge in [0, 0.05) is 29.2 Å². The van der Waals surface area contributed by atoms with E-state index in [1.54, 1.807) is 60.7 Å². The second-order valence-electron chi connectivity index (χ2n) is 9.75. The molecule has 0 aliphatic carbocycles. The van der Waals surface area contributed by atoms with Crippen LogP contribution in [-0.2, 0) is 27.4 Å². The molecular weight excluding hydrogens is 619 g/mol. The van der Waals surface area contributed by atoms with Gasteiger partial charge in [0.1, 0.15) is 34.9 Å². The molecule has 0 aliphatic rings. The quantitative estimate of drug-likeness (QED) is 0.0801. The smallest absolute Gasteiger partial charge is 0.545 e. The maximum atomic E-state index is 14.2. The Hall–Kier alpha value is -4.55. The molecule has 0 bridgehead atoms. The predicted molar refractivity (Wildman–Crippen MR) is 165 cm³/mol. The van der Waals surface area contributed by atoms with Gasteiger partial charge in [0.25, 0.3) is 0 Å². The first-order chi connectivity index (χ1) is 21.9. The van der Waals surface area contributed by atoms with Crippen molar-refractivity contribution in [3.8, 4) is 17.2 Å². The van der Waals surface area contributed by atoms with Gasteiger partial charge in [0.05, 0.1) is 31.9 Å². The van der Waals surface area contributed by atoms with Gasteiger partial charge in [-0.3, -0.25) is 4.79 Å². The molecule has 1 heterocycles. The number of hydrogen-bond acceptors (Lipinski definition) is 11. The number of carboxylic acids is 1. The summed E-state index contributed by atoms with van der Waals surface area (Å²) in [4.78, 5) is 38.8. The Bertz CT molecular complexity index is 1870. The second kappa shape index (κ2) is 16.1. The number of ketones is 1. The summed E-state index contributed by atoms with van der Waals surface area (Å²) in [5.41, 5.74) is 2.57. The Morgan fingerprint density at radius 1 is 0.783 bits per heavy atom. The van der Waals surface area contributed by atoms with Gasteiger partial charge < -0.3 is 28.8 Å². The number of benzene rings is 4. The average molecular weight is 647 g/mol. The molecule has 0 spiro atoms. The molecule has 4 aromatic carbocycles. The number of carbonyl (C=O) groups excluding carboxylic acids is 3. The molecule has 1 aromatic heterocycles. The zero-order valence-corrected chi connectivity index (χ0v) is 28.2. The first kappa shape index (κ1) is 34.3. The zero-order valence-electron chi connectivity index (χ0n) is 25.4. The number of carbonyl (C=O) groups is 3. The molecular formula is C34H27N2NaO8S. The third-order valence-electron chi connectivity index (χ3n) is 6.90. The van der Waals surface area contributed by atoms with Gasteiger partial charge in [-0.15, -0.1) is 0 Å². The molecule has 228 valence electrons. The number of allylic oxidation sites excluding steroid dienone is 1. The Morgan fingerprint density at radius 2 is 1.48 bits per heavy atom. The number of carboxylic acid groups (broad SMARTS) is 1. The maximum Gasteiger partial charge on any atom is 1.00 e. The summed E-state index contributed by atoms with van der Waals surface area (Å²) in [6, 6.07) is 25.7. The minimum Gasteiger partial charge on any atom is -0.545 e. The fraction of sp³-hybridized carbons (Fsp3) is 0.147. The van der Waals surface area contributed by atoms with Crippen LogP contribution in [0, 0.1) is 0 Å². The van der Waals surface area contributed by atoms with Crippen molar-refractivity contribution in [2.75, 3.05) is 20.8 Å². The van der Waals surface area contributed by atoms with Crippen LogP contribution in [-0.4, -0.2) is 47.3 Å². The van der Waals surface area contributed by atoms with Gasteiger partial charge in [-0.1, -0.05) is 42.5 Å². The second-order valence-corrected chi connectivity index (χ2v) is 10.3. The monoisotopic (exact) mass is 646 g/mol. The predicted octanol–water partition coefficient (Wildman–Crippen LogP) is 1.46. The van der Waals surface area contributed by atoms with Gasteiger partial charge >= 0.3 is 35.5 Å². The van der Waals surface area contributed by atoms with E-state index in [0.717, 1.165) is 17.3 Å². The molecule has 0 atom stereocenters. The van der Waals surface area contributed by atoms with Crippen LogP contribution >= 0.6 is 11.7 Å². The van der Waals surface area contributed by atoms with E-state index in [4.69, 9.17) is 14.2 Å². The van der Waals surface area contributed by atoms with Gasteiger partial charge in [-0.05, 0) is 59.2 Å². The molecule has 0 fully saturated rings. The van der Waals surface area contributed by atoms with Crippen LogP contribution in [0.1, 0.15) is 27.0 Å². The van der Waals surface area contributed by atoms with E-state index >= 15 is 0 Å². The average Bonchev–Trinajstić information content (AvgIpc) is 3.55. The summed E-state index contributed by atoms with van der Waals surface area (Å²) in [5, 5.41) is 12.8. The Labute approximate surface area is 291 Å². The van der Waals surface area contributed by atoms with Crippen molar-refractivity contribution in [3.63, 3.8) is 0 Å². The fourth-order valence-corrected chi connectivity index (χ4v) is 5.10. The van der Waals surface area contributed by atoms with Crippen molar-refractivity contribution in [2.24, 2.45) is 0 Å². The van der Waals surface area contributed by atoms with Gasteiger partial charge in [0.2, 0.25) is 0 Å². The van der Waals surface area contributed by atoms with Crippen LogP contribution in [0.25, 0.3) is 16.6 Å². The minimum absolute atomic E-state index is 0. The van der Waals surface area contributed by atoms with E-state index < -0.39 is 24.3 Å². The number of rotatable bonds is 13. The van der Waals surface area contributed by atoms with Gasteiger partial charge in [0.15, 0.2) is 12.4 Å². The summed E-state index contributed by atoms with van der Waals surface area (Å²) in [6.07, 6.45) is -0.178. The van der Waals surface area contributed by atoms with Crippen LogP contribution in [0.15, 0.2) is 96.6 Å². The Morgan fingerprint density at radius 3 is 2.17 bits per heavy atom. The van der Waals surface area contributed by atoms with Crippen molar-refractivity contribution < 1.29 is 68.0 Å². The summed E-state index contributed by atoms with van der Waals surface area (Å²) >= 11 is 0.991. The van der Waals surface area contributed by atoms with Crippen molar-refractivity contribution in [1.29, 1.82) is 0 Å². The van der Waals surface area contributed by atoms with E-state index in [9.17, 15) is 19.5 Å². The number of fused-ring (bicyclic) bond motifs is 1. The molecule has 5 aromatic rings. The summed E-state index contributed by atoms with van der Waals surface area (Å²) in [5.74, 6) is -1.53. The molecule has 5 rings (SSSR count). The third kappa shape index (κ3) is 8.38. The number of hydrogen-bond donors (Lipinski definition) is 0. The molecule has 0 radical (unpaired) electrons. The fourth-order valence-electron chi connectivity index (χ4n) is 4.58. The summed E-state index contributed by atoms with van der Waals surface area (Å²) in [7, 11) is 2.70. The van der Waals surface area contributed by atoms with Crippen LogP contribution in [0.2, 0.25) is 0 Å². The molecule has 12 heteroatoms. The molecule has 0 saturated carbocycles. The molecule has 10 nitrogen and oxygen atoms in total. The number of nitrogens with zero attached hydrogens (tertiary/aromatic N) is 2. The minimum atomic E-state index is -1.55. The van der Waals surface area contributed by atoms with Crippen LogP contribution in [0.4, 0.5) is 0 Å². The Kier molecular flexibility index (Phi) is 12.0. The van der Waals surface area contributed by atoms with Crippen molar-refractivity contribution in [2.45, 2.75) is 13.0 Å². The van der Waals surface area contributed by atoms with E-state index in [1.165, 1.54) is 14.2 Å². The molecule has 0 N–H and O–H groups in total. The Balaban J connectivity index is 0.00000480. The summed E-state index contributed by atoms with van der Waals surface area (Å²) < 4.78 is 30.0. The van der Waals surface area contributed by atoms with Crippen LogP contribution in [0.3, 0.4) is 0 Å². The molecule has 0 saturated heterocycles. The zero-order chi connectivity index (χ0) is 31.8. The standard InChI is InChI=1S/C34H28N2O8S.Na/c1-41-26-14-10-23(30(18-26)44-20-31(37)42-2)16-27(32(34(39)40)24-11-15-28-29(17-24)36-45-35-28)33(38)22-8-12-25(13-9-22)43-19-21-6-4-3-5-7-21;/h3-15,17-18H,16,19-20H2,1-2H3,(H,39,40);/q;+1/p-1. The number of Topliss-reactive ketones (excluding diaryl/α,β-unsaturated/α-hetero) is 1. The molecule has 46 heavy (non-hydrogen) atoms. The van der Waals surface area contributed by atoms with E-state index in [-0.39, 0.29) is 64.0 Å². The largest absolute Gasteiger partial charge is 1.00 e. The van der Waals surface area contributed by atoms with E-state index in [1.807, 2.05) is 30.3 Å². The van der Waals surface area contributed by atoms with Gasteiger partial charge in [-0.2, -0.15) is 8.75 Å². The third-order valence-corrected chi connectivity index (χ3v) is 7.46. The van der Waals surface area contributed by atoms with Crippen LogP contribution in [0.5, 0.6) is 17.2 Å². The van der Waals surface area contributed by atoms with E-state index in [2.05, 4.69) is 13.5 Å². The summed E-state index contributed by atoms with van der Waals surface area (Å²) in [6.45, 7) is -0.0666. The van der Waals surface area contributed by atoms with Crippen molar-refractivity contribution in [3.05, 3.63) is 119 Å². The first-order valence-electron chi connectivity index (χ1n) is 13.7. The van der Waals surface area contributed by atoms with E-state index in [0.29, 0.717) is 34.7 Å². The SMILES string of the molecule is COC(=O)COc1cc(OC)ccc1CC(C(=O)c1ccc(OCc2ccccc2)cc1)=C(C(=O)[O-])c1ccc2nsnc2c1.[Na+].